The van der Waals surface area contributed by atoms with E-state index in [0.29, 0.717) is 17.6 Å². The molecule has 16 heavy (non-hydrogen) atoms. The standard InChI is InChI=1S/C11H16ClNO.ClH.H2O/c1-8(2)13-7-11(14)9-5-3-4-6-10(9)12;;/h3-6,8,11,13-14H,7H2,1-2H3;1H;1H2. The number of nitrogens with one attached hydrogen (secondary N) is 1. The molecule has 0 aliphatic heterocycles. The first kappa shape index (κ1) is 18.1. The minimum atomic E-state index is -0.536. The second-order valence-electron chi connectivity index (χ2n) is 3.60. The van der Waals surface area contributed by atoms with E-state index in [2.05, 4.69) is 5.32 Å². The highest BCUT2D eigenvalue weighted by Gasteiger charge is 2.10. The first-order chi connectivity index (χ1) is 6.61. The van der Waals surface area contributed by atoms with Crippen LogP contribution < -0.4 is 5.32 Å². The molecule has 94 valence electrons. The Balaban J connectivity index is 0. The Morgan fingerprint density at radius 2 is 1.88 bits per heavy atom. The molecule has 1 rings (SSSR count). The summed E-state index contributed by atoms with van der Waals surface area (Å²) in [5, 5.41) is 13.6. The van der Waals surface area contributed by atoms with E-state index < -0.39 is 6.10 Å². The van der Waals surface area contributed by atoms with Crippen LogP contribution in [0.5, 0.6) is 0 Å². The van der Waals surface area contributed by atoms with Crippen LogP contribution in [0.4, 0.5) is 0 Å². The van der Waals surface area contributed by atoms with Gasteiger partial charge in [0, 0.05) is 23.2 Å². The Kier molecular flexibility index (Phi) is 9.92. The smallest absolute Gasteiger partial charge is 0.0928 e. The highest BCUT2D eigenvalue weighted by Crippen LogP contribution is 2.21. The quantitative estimate of drug-likeness (QED) is 0.876. The predicted octanol–water partition coefficient (Wildman–Crippen LogP) is 1.97. The van der Waals surface area contributed by atoms with Crippen LogP contribution in [-0.2, 0) is 0 Å². The summed E-state index contributed by atoms with van der Waals surface area (Å²) < 4.78 is 0. The zero-order valence-electron chi connectivity index (χ0n) is 9.40. The summed E-state index contributed by atoms with van der Waals surface area (Å²) in [6.45, 7) is 4.61. The average Bonchev–Trinajstić information content (AvgIpc) is 2.15. The van der Waals surface area contributed by atoms with Gasteiger partial charge in [0.05, 0.1) is 6.10 Å². The molecule has 0 saturated heterocycles. The Morgan fingerprint density at radius 1 is 1.31 bits per heavy atom. The number of hydrogen-bond donors (Lipinski definition) is 2. The molecule has 5 heteroatoms. The molecule has 0 aliphatic carbocycles. The fourth-order valence-corrected chi connectivity index (χ4v) is 1.46. The lowest BCUT2D eigenvalue weighted by Gasteiger charge is -2.15. The van der Waals surface area contributed by atoms with Crippen LogP contribution in [0.3, 0.4) is 0 Å². The van der Waals surface area contributed by atoms with Gasteiger partial charge in [-0.2, -0.15) is 0 Å². The Labute approximate surface area is 108 Å². The third-order valence-electron chi connectivity index (χ3n) is 1.98. The number of aliphatic hydroxyl groups is 1. The summed E-state index contributed by atoms with van der Waals surface area (Å²) in [6, 6.07) is 7.73. The second-order valence-corrected chi connectivity index (χ2v) is 4.01. The van der Waals surface area contributed by atoms with Crippen molar-refractivity contribution in [2.45, 2.75) is 26.0 Å². The van der Waals surface area contributed by atoms with Crippen molar-refractivity contribution in [2.75, 3.05) is 6.54 Å². The lowest BCUT2D eigenvalue weighted by Crippen LogP contribution is -2.27. The zero-order valence-corrected chi connectivity index (χ0v) is 11.0. The summed E-state index contributed by atoms with van der Waals surface area (Å²) in [6.07, 6.45) is -0.536. The summed E-state index contributed by atoms with van der Waals surface area (Å²) in [5.74, 6) is 0. The molecule has 1 unspecified atom stereocenters. The van der Waals surface area contributed by atoms with Crippen molar-refractivity contribution in [3.05, 3.63) is 34.9 Å². The van der Waals surface area contributed by atoms with Gasteiger partial charge >= 0.3 is 0 Å². The topological polar surface area (TPSA) is 63.8 Å². The molecule has 1 aromatic rings. The molecule has 0 amide bonds. The zero-order chi connectivity index (χ0) is 10.6. The Hall–Kier alpha value is -0.320. The molecule has 1 aromatic carbocycles. The van der Waals surface area contributed by atoms with Crippen LogP contribution >= 0.6 is 24.0 Å². The monoisotopic (exact) mass is 267 g/mol. The third-order valence-corrected chi connectivity index (χ3v) is 2.33. The fourth-order valence-electron chi connectivity index (χ4n) is 1.20. The van der Waals surface area contributed by atoms with Crippen molar-refractivity contribution in [2.24, 2.45) is 0 Å². The van der Waals surface area contributed by atoms with Gasteiger partial charge in [0.1, 0.15) is 0 Å². The molecule has 0 fully saturated rings. The van der Waals surface area contributed by atoms with E-state index in [0.717, 1.165) is 5.56 Å². The minimum Gasteiger partial charge on any atom is -0.412 e. The van der Waals surface area contributed by atoms with Crippen LogP contribution in [0.1, 0.15) is 25.5 Å². The van der Waals surface area contributed by atoms with Crippen LogP contribution in [0.15, 0.2) is 24.3 Å². The largest absolute Gasteiger partial charge is 0.412 e. The molecular formula is C11H19Cl2NO2. The summed E-state index contributed by atoms with van der Waals surface area (Å²) in [5.41, 5.74) is 0.780. The SMILES string of the molecule is CC(C)NCC(O)c1ccccc1Cl.Cl.O. The van der Waals surface area contributed by atoms with E-state index >= 15 is 0 Å². The molecule has 0 saturated carbocycles. The molecule has 0 spiro atoms. The normalized spacial score (nSPS) is 11.6. The van der Waals surface area contributed by atoms with Gasteiger partial charge in [-0.1, -0.05) is 43.6 Å². The van der Waals surface area contributed by atoms with Gasteiger partial charge in [-0.25, -0.2) is 0 Å². The number of aliphatic hydroxyl groups excluding tert-OH is 1. The van der Waals surface area contributed by atoms with Crippen molar-refractivity contribution in [1.82, 2.24) is 5.32 Å². The highest BCUT2D eigenvalue weighted by atomic mass is 35.5. The number of rotatable bonds is 4. The van der Waals surface area contributed by atoms with Crippen molar-refractivity contribution in [3.63, 3.8) is 0 Å². The minimum absolute atomic E-state index is 0. The lowest BCUT2D eigenvalue weighted by atomic mass is 10.1. The average molecular weight is 268 g/mol. The summed E-state index contributed by atoms with van der Waals surface area (Å²) in [4.78, 5) is 0. The summed E-state index contributed by atoms with van der Waals surface area (Å²) >= 11 is 5.95. The van der Waals surface area contributed by atoms with E-state index in [1.165, 1.54) is 0 Å². The predicted molar refractivity (Wildman–Crippen MR) is 70.4 cm³/mol. The van der Waals surface area contributed by atoms with Crippen molar-refractivity contribution in [1.29, 1.82) is 0 Å². The van der Waals surface area contributed by atoms with Gasteiger partial charge in [0.25, 0.3) is 0 Å². The number of halogens is 2. The molecule has 4 N–H and O–H groups in total. The maximum atomic E-state index is 9.80. The van der Waals surface area contributed by atoms with Crippen LogP contribution in [0.25, 0.3) is 0 Å². The van der Waals surface area contributed by atoms with Gasteiger partial charge in [-0.05, 0) is 6.07 Å². The van der Waals surface area contributed by atoms with Crippen molar-refractivity contribution < 1.29 is 10.6 Å². The van der Waals surface area contributed by atoms with Gasteiger partial charge < -0.3 is 15.9 Å². The first-order valence-electron chi connectivity index (χ1n) is 4.77. The van der Waals surface area contributed by atoms with Gasteiger partial charge in [0.15, 0.2) is 0 Å². The molecular weight excluding hydrogens is 249 g/mol. The fraction of sp³-hybridized carbons (Fsp3) is 0.455. The van der Waals surface area contributed by atoms with E-state index in [1.807, 2.05) is 32.0 Å². The maximum Gasteiger partial charge on any atom is 0.0928 e. The van der Waals surface area contributed by atoms with Crippen molar-refractivity contribution in [3.8, 4) is 0 Å². The molecule has 1 atom stereocenters. The molecule has 0 radical (unpaired) electrons. The molecule has 0 aromatic heterocycles. The first-order valence-corrected chi connectivity index (χ1v) is 5.15. The van der Waals surface area contributed by atoms with Crippen LogP contribution in [0, 0.1) is 0 Å². The maximum absolute atomic E-state index is 9.80. The third kappa shape index (κ3) is 5.68. The van der Waals surface area contributed by atoms with Crippen LogP contribution in [0.2, 0.25) is 5.02 Å². The molecule has 0 heterocycles. The van der Waals surface area contributed by atoms with Gasteiger partial charge in [-0.3, -0.25) is 0 Å². The van der Waals surface area contributed by atoms with E-state index in [-0.39, 0.29) is 17.9 Å². The number of hydrogen-bond acceptors (Lipinski definition) is 2. The Morgan fingerprint density at radius 3 is 2.38 bits per heavy atom. The number of benzene rings is 1. The van der Waals surface area contributed by atoms with E-state index in [1.54, 1.807) is 6.07 Å². The lowest BCUT2D eigenvalue weighted by molar-refractivity contribution is 0.171. The molecule has 0 aliphatic rings. The molecule has 3 nitrogen and oxygen atoms in total. The molecule has 0 bridgehead atoms. The van der Waals surface area contributed by atoms with Gasteiger partial charge in [-0.15, -0.1) is 12.4 Å². The Bertz CT molecular complexity index is 295. The van der Waals surface area contributed by atoms with E-state index in [9.17, 15) is 5.11 Å². The highest BCUT2D eigenvalue weighted by molar-refractivity contribution is 6.31. The van der Waals surface area contributed by atoms with Crippen LogP contribution in [-0.4, -0.2) is 23.2 Å². The van der Waals surface area contributed by atoms with Gasteiger partial charge in [0.2, 0.25) is 0 Å². The van der Waals surface area contributed by atoms with Crippen molar-refractivity contribution >= 4 is 24.0 Å². The summed E-state index contributed by atoms with van der Waals surface area (Å²) in [7, 11) is 0. The second kappa shape index (κ2) is 8.79. The van der Waals surface area contributed by atoms with E-state index in [4.69, 9.17) is 11.6 Å².